The minimum atomic E-state index is -4.26. The Balaban J connectivity index is 1.50. The highest BCUT2D eigenvalue weighted by Crippen LogP contribution is 2.32. The van der Waals surface area contributed by atoms with Gasteiger partial charge in [0.15, 0.2) is 0 Å². The molecule has 13 heteroatoms. The number of nitrogens with one attached hydrogen (secondary N) is 3. The van der Waals surface area contributed by atoms with E-state index in [1.807, 2.05) is 34.6 Å². The summed E-state index contributed by atoms with van der Waals surface area (Å²) in [6.07, 6.45) is -0.754. The number of aromatic nitrogens is 4. The first-order chi connectivity index (χ1) is 20.0. The van der Waals surface area contributed by atoms with Gasteiger partial charge in [0.2, 0.25) is 0 Å². The highest BCUT2D eigenvalue weighted by molar-refractivity contribution is 5.99. The van der Waals surface area contributed by atoms with E-state index in [1.165, 1.54) is 12.0 Å². The number of amides is 1. The lowest BCUT2D eigenvalue weighted by Crippen LogP contribution is -2.48. The Morgan fingerprint density at radius 3 is 2.55 bits per heavy atom. The highest BCUT2D eigenvalue weighted by atomic mass is 19.4. The van der Waals surface area contributed by atoms with Crippen molar-refractivity contribution in [2.24, 2.45) is 0 Å². The number of alkyl halides is 3. The van der Waals surface area contributed by atoms with Crippen LogP contribution in [0.3, 0.4) is 0 Å². The molecule has 0 radical (unpaired) electrons. The molecule has 0 aromatic carbocycles. The molecule has 4 aromatic rings. The molecule has 0 atom stereocenters. The fourth-order valence-electron chi connectivity index (χ4n) is 5.44. The van der Waals surface area contributed by atoms with Gasteiger partial charge in [-0.3, -0.25) is 19.6 Å². The second-order valence-electron chi connectivity index (χ2n) is 10.3. The second kappa shape index (κ2) is 11.4. The van der Waals surface area contributed by atoms with Crippen LogP contribution in [-0.2, 0) is 6.54 Å². The summed E-state index contributed by atoms with van der Waals surface area (Å²) < 4.78 is 46.1. The van der Waals surface area contributed by atoms with E-state index in [0.717, 1.165) is 11.3 Å². The summed E-state index contributed by atoms with van der Waals surface area (Å²) in [6, 6.07) is 7.18. The Labute approximate surface area is 239 Å². The average molecular weight is 584 g/mol. The fourth-order valence-corrected chi connectivity index (χ4v) is 5.44. The van der Waals surface area contributed by atoms with Crippen LogP contribution in [-0.4, -0.2) is 81.3 Å². The van der Waals surface area contributed by atoms with E-state index in [4.69, 9.17) is 4.74 Å². The Hall–Kier alpha value is -4.52. The van der Waals surface area contributed by atoms with Gasteiger partial charge in [0.25, 0.3) is 11.5 Å². The molecule has 0 saturated carbocycles. The van der Waals surface area contributed by atoms with Crippen molar-refractivity contribution in [3.05, 3.63) is 81.7 Å². The van der Waals surface area contributed by atoms with Gasteiger partial charge < -0.3 is 24.3 Å². The molecule has 0 spiro atoms. The van der Waals surface area contributed by atoms with Crippen molar-refractivity contribution in [2.75, 3.05) is 39.8 Å². The third kappa shape index (κ3) is 5.77. The predicted molar refractivity (Wildman–Crippen MR) is 152 cm³/mol. The summed E-state index contributed by atoms with van der Waals surface area (Å²) in [6.45, 7) is 8.04. The number of H-pyrrole nitrogens is 2. The van der Waals surface area contributed by atoms with Gasteiger partial charge in [-0.05, 0) is 43.7 Å². The first-order valence-corrected chi connectivity index (χ1v) is 13.4. The van der Waals surface area contributed by atoms with E-state index in [9.17, 15) is 22.8 Å². The third-order valence-electron chi connectivity index (χ3n) is 7.55. The number of carbonyl (C=O) groups excluding carboxylic acids is 1. The van der Waals surface area contributed by atoms with Crippen molar-refractivity contribution in [1.29, 1.82) is 0 Å². The molecule has 1 fully saturated rings. The van der Waals surface area contributed by atoms with E-state index in [0.29, 0.717) is 52.6 Å². The summed E-state index contributed by atoms with van der Waals surface area (Å²) in [5.74, 6) is -0.0339. The molecule has 1 aliphatic rings. The van der Waals surface area contributed by atoms with Crippen LogP contribution in [0.25, 0.3) is 22.5 Å². The van der Waals surface area contributed by atoms with Gasteiger partial charge >= 0.3 is 6.18 Å². The smallest absolute Gasteiger partial charge is 0.401 e. The van der Waals surface area contributed by atoms with Crippen LogP contribution in [0.15, 0.2) is 48.0 Å². The topological polar surface area (TPSA) is 111 Å². The zero-order valence-corrected chi connectivity index (χ0v) is 23.6. The van der Waals surface area contributed by atoms with Crippen molar-refractivity contribution < 1.29 is 22.7 Å². The number of ether oxygens (including phenoxy) is 1. The van der Waals surface area contributed by atoms with Gasteiger partial charge in [0, 0.05) is 55.4 Å². The van der Waals surface area contributed by atoms with Crippen LogP contribution in [0, 0.1) is 13.8 Å². The Bertz CT molecular complexity index is 1680. The van der Waals surface area contributed by atoms with E-state index >= 15 is 0 Å². The zero-order valence-electron chi connectivity index (χ0n) is 23.6. The number of hydrogen-bond acceptors (Lipinski definition) is 6. The molecule has 0 aliphatic carbocycles. The van der Waals surface area contributed by atoms with Crippen LogP contribution >= 0.6 is 0 Å². The van der Waals surface area contributed by atoms with E-state index in [1.54, 1.807) is 25.3 Å². The van der Waals surface area contributed by atoms with Crippen molar-refractivity contribution in [3.63, 3.8) is 0 Å². The number of rotatable bonds is 8. The average Bonchev–Trinajstić information content (AvgIpc) is 3.61. The lowest BCUT2D eigenvalue weighted by molar-refractivity contribution is -0.148. The Kier molecular flexibility index (Phi) is 7.87. The molecule has 1 saturated heterocycles. The van der Waals surface area contributed by atoms with E-state index in [-0.39, 0.29) is 30.8 Å². The third-order valence-corrected chi connectivity index (χ3v) is 7.55. The van der Waals surface area contributed by atoms with Crippen LogP contribution < -0.4 is 15.6 Å². The lowest BCUT2D eigenvalue weighted by atomic mass is 10.0. The normalized spacial score (nSPS) is 14.4. The highest BCUT2D eigenvalue weighted by Gasteiger charge is 2.33. The number of pyridine rings is 2. The van der Waals surface area contributed by atoms with Gasteiger partial charge in [0.05, 0.1) is 48.4 Å². The van der Waals surface area contributed by atoms with Gasteiger partial charge in [-0.15, -0.1) is 0 Å². The standard InChI is InChI=1S/C29H32F3N7O3/c1-17-13-25(42-4)22(28(41)35-17)15-33-27(40)21-14-24-20(23-5-7-34-36-23)6-8-39(24)26(18(21)2)19(3)38-11-9-37(10-12-38)16-29(30,31)32/h5-8,13-14H,3,9-12,15-16H2,1-2,4H3,(H,33,40)(H,34,36)(H,35,41). The van der Waals surface area contributed by atoms with Crippen LogP contribution in [0.2, 0.25) is 0 Å². The molecule has 4 aromatic heterocycles. The molecule has 1 aliphatic heterocycles. The molecular formula is C29H32F3N7O3. The maximum Gasteiger partial charge on any atom is 0.401 e. The number of aromatic amines is 2. The van der Waals surface area contributed by atoms with Crippen LogP contribution in [0.5, 0.6) is 5.75 Å². The first kappa shape index (κ1) is 29.0. The molecule has 42 heavy (non-hydrogen) atoms. The monoisotopic (exact) mass is 583 g/mol. The number of carbonyl (C=O) groups is 1. The molecule has 0 unspecified atom stereocenters. The van der Waals surface area contributed by atoms with Gasteiger partial charge in [-0.1, -0.05) is 6.58 Å². The summed E-state index contributed by atoms with van der Waals surface area (Å²) in [5.41, 5.74) is 5.12. The number of aryl methyl sites for hydroxylation is 1. The number of halogens is 3. The SMILES string of the molecule is C=C(c1c(C)c(C(=O)NCc2c(OC)cc(C)[nH]c2=O)cc2c(-c3ccn[nH]3)ccn12)N1CCN(CC(F)(F)F)CC1. The van der Waals surface area contributed by atoms with E-state index < -0.39 is 18.6 Å². The number of methoxy groups -OCH3 is 1. The zero-order chi connectivity index (χ0) is 30.2. The molecule has 10 nitrogen and oxygen atoms in total. The number of hydrogen-bond donors (Lipinski definition) is 3. The molecule has 5 heterocycles. The summed E-state index contributed by atoms with van der Waals surface area (Å²) in [4.78, 5) is 32.3. The molecule has 1 amide bonds. The maximum absolute atomic E-state index is 13.7. The molecule has 3 N–H and O–H groups in total. The predicted octanol–water partition coefficient (Wildman–Crippen LogP) is 3.72. The number of fused-ring (bicyclic) bond motifs is 1. The fraction of sp³-hybridized carbons (Fsp3) is 0.345. The largest absolute Gasteiger partial charge is 0.496 e. The van der Waals surface area contributed by atoms with Crippen molar-refractivity contribution in [1.82, 2.24) is 34.7 Å². The molecule has 0 bridgehead atoms. The minimum absolute atomic E-state index is 0.0614. The minimum Gasteiger partial charge on any atom is -0.496 e. The molecule has 5 rings (SSSR count). The van der Waals surface area contributed by atoms with Crippen molar-refractivity contribution in [3.8, 4) is 17.0 Å². The second-order valence-corrected chi connectivity index (χ2v) is 10.3. The first-order valence-electron chi connectivity index (χ1n) is 13.4. The summed E-state index contributed by atoms with van der Waals surface area (Å²) >= 11 is 0. The molecule has 222 valence electrons. The number of nitrogens with zero attached hydrogens (tertiary/aromatic N) is 4. The van der Waals surface area contributed by atoms with Crippen LogP contribution in [0.4, 0.5) is 13.2 Å². The maximum atomic E-state index is 13.7. The quantitative estimate of drug-likeness (QED) is 0.292. The molecular weight excluding hydrogens is 551 g/mol. The number of piperazine rings is 1. The van der Waals surface area contributed by atoms with E-state index in [2.05, 4.69) is 27.1 Å². The Morgan fingerprint density at radius 1 is 1.17 bits per heavy atom. The van der Waals surface area contributed by atoms with Crippen molar-refractivity contribution >= 4 is 17.1 Å². The summed E-state index contributed by atoms with van der Waals surface area (Å²) in [7, 11) is 1.46. The van der Waals surface area contributed by atoms with Gasteiger partial charge in [-0.2, -0.15) is 18.3 Å². The summed E-state index contributed by atoms with van der Waals surface area (Å²) in [5, 5.41) is 9.85. The van der Waals surface area contributed by atoms with Gasteiger partial charge in [-0.25, -0.2) is 0 Å². The lowest BCUT2D eigenvalue weighted by Gasteiger charge is -2.37. The Morgan fingerprint density at radius 2 is 1.90 bits per heavy atom. The van der Waals surface area contributed by atoms with Crippen LogP contribution in [0.1, 0.15) is 32.9 Å². The van der Waals surface area contributed by atoms with Crippen molar-refractivity contribution in [2.45, 2.75) is 26.6 Å². The van der Waals surface area contributed by atoms with Gasteiger partial charge in [0.1, 0.15) is 5.75 Å².